The van der Waals surface area contributed by atoms with Crippen LogP contribution in [0.3, 0.4) is 0 Å². The SMILES string of the molecule is CCC(C(=O)N(CCc1csc2nc(-c3ccc(F)cc3)cn12)CC1CCCO1)c1ccccc1. The smallest absolute Gasteiger partial charge is 0.230 e. The number of imidazole rings is 1. The van der Waals surface area contributed by atoms with Crippen LogP contribution in [-0.4, -0.2) is 46.0 Å². The minimum absolute atomic E-state index is 0.105. The summed E-state index contributed by atoms with van der Waals surface area (Å²) in [6, 6.07) is 16.5. The number of hydrogen-bond donors (Lipinski definition) is 0. The second-order valence-corrected chi connectivity index (χ2v) is 9.89. The Labute approximate surface area is 209 Å². The molecule has 0 aliphatic carbocycles. The summed E-state index contributed by atoms with van der Waals surface area (Å²) in [5.41, 5.74) is 3.88. The Kier molecular flexibility index (Phi) is 7.25. The predicted molar refractivity (Wildman–Crippen MR) is 137 cm³/mol. The highest BCUT2D eigenvalue weighted by atomic mass is 32.1. The van der Waals surface area contributed by atoms with E-state index in [0.717, 1.165) is 59.8 Å². The van der Waals surface area contributed by atoms with Gasteiger partial charge < -0.3 is 9.64 Å². The molecule has 1 amide bonds. The van der Waals surface area contributed by atoms with Crippen molar-refractivity contribution in [2.45, 2.75) is 44.6 Å². The fourth-order valence-corrected chi connectivity index (χ4v) is 5.71. The van der Waals surface area contributed by atoms with Gasteiger partial charge in [-0.3, -0.25) is 9.20 Å². The molecular formula is C28H30FN3O2S. The number of hydrogen-bond acceptors (Lipinski definition) is 4. The van der Waals surface area contributed by atoms with Crippen molar-refractivity contribution in [1.82, 2.24) is 14.3 Å². The molecule has 3 heterocycles. The normalized spacial score (nSPS) is 16.6. The highest BCUT2D eigenvalue weighted by Crippen LogP contribution is 2.26. The number of fused-ring (bicyclic) bond motifs is 1. The zero-order valence-corrected chi connectivity index (χ0v) is 20.7. The van der Waals surface area contributed by atoms with Crippen molar-refractivity contribution in [3.8, 4) is 11.3 Å². The van der Waals surface area contributed by atoms with Crippen LogP contribution in [0, 0.1) is 5.82 Å². The lowest BCUT2D eigenvalue weighted by molar-refractivity contribution is -0.134. The third-order valence-corrected chi connectivity index (χ3v) is 7.62. The molecule has 1 aliphatic rings. The topological polar surface area (TPSA) is 46.8 Å². The molecule has 4 aromatic rings. The van der Waals surface area contributed by atoms with Crippen molar-refractivity contribution in [3.63, 3.8) is 0 Å². The van der Waals surface area contributed by atoms with Crippen LogP contribution in [0.1, 0.15) is 43.4 Å². The third kappa shape index (κ3) is 5.31. The molecule has 0 saturated carbocycles. The number of amides is 1. The van der Waals surface area contributed by atoms with Gasteiger partial charge in [0.1, 0.15) is 5.82 Å². The summed E-state index contributed by atoms with van der Waals surface area (Å²) < 4.78 is 21.3. The molecule has 35 heavy (non-hydrogen) atoms. The van der Waals surface area contributed by atoms with Gasteiger partial charge in [0.25, 0.3) is 0 Å². The van der Waals surface area contributed by atoms with E-state index in [9.17, 15) is 9.18 Å². The van der Waals surface area contributed by atoms with Gasteiger partial charge in [0.05, 0.1) is 17.7 Å². The quantitative estimate of drug-likeness (QED) is 0.291. The van der Waals surface area contributed by atoms with Gasteiger partial charge in [-0.15, -0.1) is 11.3 Å². The second kappa shape index (κ2) is 10.7. The fraction of sp³-hybridized carbons (Fsp3) is 0.357. The Bertz CT molecular complexity index is 1260. The van der Waals surface area contributed by atoms with Gasteiger partial charge in [-0.25, -0.2) is 9.37 Å². The molecule has 0 spiro atoms. The van der Waals surface area contributed by atoms with Gasteiger partial charge in [-0.05, 0) is 49.1 Å². The van der Waals surface area contributed by atoms with Crippen LogP contribution in [-0.2, 0) is 16.0 Å². The molecule has 0 radical (unpaired) electrons. The minimum atomic E-state index is -0.257. The van der Waals surface area contributed by atoms with Crippen LogP contribution in [0.4, 0.5) is 4.39 Å². The highest BCUT2D eigenvalue weighted by molar-refractivity contribution is 7.15. The molecule has 1 saturated heterocycles. The molecule has 5 rings (SSSR count). The Morgan fingerprint density at radius 1 is 1.23 bits per heavy atom. The van der Waals surface area contributed by atoms with Crippen molar-refractivity contribution >= 4 is 22.2 Å². The van der Waals surface area contributed by atoms with Gasteiger partial charge >= 0.3 is 0 Å². The molecule has 5 nitrogen and oxygen atoms in total. The molecule has 0 bridgehead atoms. The van der Waals surface area contributed by atoms with Gasteiger partial charge in [0, 0.05) is 49.0 Å². The molecule has 2 aromatic carbocycles. The van der Waals surface area contributed by atoms with Crippen LogP contribution >= 0.6 is 11.3 Å². The molecule has 0 N–H and O–H groups in total. The van der Waals surface area contributed by atoms with Crippen LogP contribution in [0.2, 0.25) is 0 Å². The monoisotopic (exact) mass is 491 g/mol. The van der Waals surface area contributed by atoms with Gasteiger partial charge in [0.15, 0.2) is 4.96 Å². The van der Waals surface area contributed by atoms with E-state index in [-0.39, 0.29) is 23.7 Å². The Morgan fingerprint density at radius 2 is 2.03 bits per heavy atom. The number of aromatic nitrogens is 2. The number of nitrogens with zero attached hydrogens (tertiary/aromatic N) is 3. The van der Waals surface area contributed by atoms with E-state index in [2.05, 4.69) is 16.7 Å². The maximum Gasteiger partial charge on any atom is 0.230 e. The zero-order chi connectivity index (χ0) is 24.2. The van der Waals surface area contributed by atoms with E-state index < -0.39 is 0 Å². The molecule has 2 unspecified atom stereocenters. The summed E-state index contributed by atoms with van der Waals surface area (Å²) in [4.78, 5) is 21.3. The van der Waals surface area contributed by atoms with Crippen LogP contribution < -0.4 is 0 Å². The first-order valence-corrected chi connectivity index (χ1v) is 13.2. The van der Waals surface area contributed by atoms with E-state index >= 15 is 0 Å². The van der Waals surface area contributed by atoms with Gasteiger partial charge in [-0.1, -0.05) is 37.3 Å². The first-order chi connectivity index (χ1) is 17.1. The average Bonchev–Trinajstić information content (AvgIpc) is 3.62. The van der Waals surface area contributed by atoms with Gasteiger partial charge in [0.2, 0.25) is 5.91 Å². The number of halogens is 1. The average molecular weight is 492 g/mol. The van der Waals surface area contributed by atoms with E-state index in [1.54, 1.807) is 23.5 Å². The van der Waals surface area contributed by atoms with Crippen LogP contribution in [0.15, 0.2) is 66.2 Å². The standard InChI is InChI=1S/C28H30FN3O2S/c1-2-25(20-7-4-3-5-8-20)27(33)31(17-24-9-6-16-34-24)15-14-23-19-35-28-30-26(18-32(23)28)21-10-12-22(29)13-11-21/h3-5,7-8,10-13,18-19,24-25H,2,6,9,14-17H2,1H3. The first kappa shape index (κ1) is 23.7. The van der Waals surface area contributed by atoms with E-state index in [1.807, 2.05) is 41.4 Å². The molecule has 2 aromatic heterocycles. The Hall–Kier alpha value is -3.03. The lowest BCUT2D eigenvalue weighted by Gasteiger charge is -2.29. The second-order valence-electron chi connectivity index (χ2n) is 9.05. The maximum atomic E-state index is 13.7. The van der Waals surface area contributed by atoms with Gasteiger partial charge in [-0.2, -0.15) is 0 Å². The lowest BCUT2D eigenvalue weighted by Crippen LogP contribution is -2.41. The predicted octanol–water partition coefficient (Wildman–Crippen LogP) is 5.95. The Balaban J connectivity index is 1.35. The Morgan fingerprint density at radius 3 is 2.74 bits per heavy atom. The molecule has 182 valence electrons. The highest BCUT2D eigenvalue weighted by Gasteiger charge is 2.28. The summed E-state index contributed by atoms with van der Waals surface area (Å²) in [5.74, 6) is -0.246. The van der Waals surface area contributed by atoms with Crippen LogP contribution in [0.25, 0.3) is 16.2 Å². The third-order valence-electron chi connectivity index (χ3n) is 6.73. The molecule has 1 fully saturated rings. The van der Waals surface area contributed by atoms with Crippen molar-refractivity contribution < 1.29 is 13.9 Å². The molecule has 7 heteroatoms. The zero-order valence-electron chi connectivity index (χ0n) is 19.9. The number of ether oxygens (including phenoxy) is 1. The fourth-order valence-electron chi connectivity index (χ4n) is 4.80. The summed E-state index contributed by atoms with van der Waals surface area (Å²) in [6.07, 6.45) is 5.64. The van der Waals surface area contributed by atoms with E-state index in [1.165, 1.54) is 12.1 Å². The van der Waals surface area contributed by atoms with Crippen LogP contribution in [0.5, 0.6) is 0 Å². The number of rotatable bonds is 9. The van der Waals surface area contributed by atoms with E-state index in [4.69, 9.17) is 9.72 Å². The molecule has 2 atom stereocenters. The maximum absolute atomic E-state index is 13.7. The first-order valence-electron chi connectivity index (χ1n) is 12.3. The number of carbonyl (C=O) groups excluding carboxylic acids is 1. The summed E-state index contributed by atoms with van der Waals surface area (Å²) in [7, 11) is 0. The number of thiazole rings is 1. The van der Waals surface area contributed by atoms with Crippen molar-refractivity contribution in [2.75, 3.05) is 19.7 Å². The number of carbonyl (C=O) groups is 1. The minimum Gasteiger partial charge on any atom is -0.376 e. The summed E-state index contributed by atoms with van der Waals surface area (Å²) >= 11 is 1.58. The molecule has 1 aliphatic heterocycles. The summed E-state index contributed by atoms with van der Waals surface area (Å²) in [5, 5.41) is 2.11. The molecular weight excluding hydrogens is 461 g/mol. The van der Waals surface area contributed by atoms with Crippen molar-refractivity contribution in [2.24, 2.45) is 0 Å². The largest absolute Gasteiger partial charge is 0.376 e. The number of benzene rings is 2. The van der Waals surface area contributed by atoms with E-state index in [0.29, 0.717) is 13.1 Å². The van der Waals surface area contributed by atoms with Crippen molar-refractivity contribution in [1.29, 1.82) is 0 Å². The van der Waals surface area contributed by atoms with Crippen molar-refractivity contribution in [3.05, 3.63) is 83.2 Å². The summed E-state index contributed by atoms with van der Waals surface area (Å²) in [6.45, 7) is 4.10. The lowest BCUT2D eigenvalue weighted by atomic mass is 9.94.